The topological polar surface area (TPSA) is 26.0 Å². The van der Waals surface area contributed by atoms with Gasteiger partial charge in [-0.25, -0.2) is 0 Å². The van der Waals surface area contributed by atoms with E-state index in [2.05, 4.69) is 12.1 Å². The molecule has 0 saturated carbocycles. The number of hydrogen-bond acceptors (Lipinski definition) is 1. The molecule has 8 heavy (non-hydrogen) atoms. The van der Waals surface area contributed by atoms with E-state index in [0.717, 1.165) is 5.69 Å². The molecule has 0 aliphatic carbocycles. The average molecular weight is 181 g/mol. The van der Waals surface area contributed by atoms with E-state index in [1.807, 2.05) is 12.1 Å². The van der Waals surface area contributed by atoms with E-state index >= 15 is 0 Å². The molecule has 0 bridgehead atoms. The van der Waals surface area contributed by atoms with Crippen molar-refractivity contribution >= 4 is 8.06 Å². The van der Waals surface area contributed by atoms with Gasteiger partial charge in [-0.3, -0.25) is 0 Å². The van der Waals surface area contributed by atoms with Crippen molar-refractivity contribution in [3.05, 3.63) is 24.3 Å². The number of hydrogen-bond donors (Lipinski definition) is 1. The molecule has 0 aliphatic heterocycles. The van der Waals surface area contributed by atoms with Crippen LogP contribution < -0.4 is 8.11 Å². The van der Waals surface area contributed by atoms with Crippen molar-refractivity contribution < 1.29 is 31.0 Å². The fourth-order valence-electron chi connectivity index (χ4n) is 0.496. The Bertz CT molecular complexity index is 147. The van der Waals surface area contributed by atoms with Gasteiger partial charge in [-0.1, -0.05) is 0 Å². The van der Waals surface area contributed by atoms with Gasteiger partial charge in [0.15, 0.2) is 0 Å². The number of benzene rings is 1. The van der Waals surface area contributed by atoms with Gasteiger partial charge < -0.3 is 0 Å². The normalized spacial score (nSPS) is 8.88. The molecule has 0 saturated heterocycles. The first-order valence-corrected chi connectivity index (χ1v) is 3.82. The zero-order chi connectivity index (χ0) is 5.98. The quantitative estimate of drug-likeness (QED) is 0.577. The number of nitrogen functional groups attached to an aromatic ring is 1. The molecule has 0 heterocycles. The van der Waals surface area contributed by atoms with E-state index in [0.29, 0.717) is 0 Å². The summed E-state index contributed by atoms with van der Waals surface area (Å²) in [6, 6.07) is 7.97. The first-order chi connectivity index (χ1) is 3.79. The molecule has 0 radical (unpaired) electrons. The standard InChI is InChI=1S/C6H6N.Y/c7-6-4-2-1-3-5-6;/h2-5H,7H2;. The van der Waals surface area contributed by atoms with Crippen LogP contribution in [-0.4, -0.2) is 0 Å². The zero-order valence-electron chi connectivity index (χ0n) is 4.46. The summed E-state index contributed by atoms with van der Waals surface area (Å²) in [6.45, 7) is 0. The Balaban J connectivity index is 3.03. The molecule has 1 nitrogen and oxygen atoms in total. The molecule has 38 valence electrons. The summed E-state index contributed by atoms with van der Waals surface area (Å²) >= 11 is 1.18. The van der Waals surface area contributed by atoms with Crippen molar-refractivity contribution in [3.8, 4) is 0 Å². The second-order valence-electron chi connectivity index (χ2n) is 1.67. The van der Waals surface area contributed by atoms with Crippen LogP contribution in [0.2, 0.25) is 0 Å². The van der Waals surface area contributed by atoms with Gasteiger partial charge >= 0.3 is 69.0 Å². The molecule has 1 aromatic rings. The second kappa shape index (κ2) is 2.61. The number of anilines is 1. The van der Waals surface area contributed by atoms with E-state index < -0.39 is 0 Å². The van der Waals surface area contributed by atoms with Crippen molar-refractivity contribution in [2.45, 2.75) is 0 Å². The van der Waals surface area contributed by atoms with Gasteiger partial charge in [-0.05, 0) is 0 Å². The minimum absolute atomic E-state index is 0.850. The van der Waals surface area contributed by atoms with Gasteiger partial charge in [-0.15, -0.1) is 0 Å². The van der Waals surface area contributed by atoms with E-state index in [9.17, 15) is 0 Å². The molecule has 0 fully saturated rings. The van der Waals surface area contributed by atoms with Crippen molar-refractivity contribution in [2.75, 3.05) is 5.73 Å². The molecule has 2 N–H and O–H groups in total. The summed E-state index contributed by atoms with van der Waals surface area (Å²) in [4.78, 5) is 0. The van der Waals surface area contributed by atoms with Crippen LogP contribution >= 0.6 is 0 Å². The van der Waals surface area contributed by atoms with Gasteiger partial charge in [0.2, 0.25) is 0 Å². The molecular weight excluding hydrogens is 175 g/mol. The van der Waals surface area contributed by atoms with Gasteiger partial charge in [0, 0.05) is 0 Å². The van der Waals surface area contributed by atoms with Crippen LogP contribution in [0.15, 0.2) is 24.3 Å². The van der Waals surface area contributed by atoms with Crippen LogP contribution in [0.5, 0.6) is 0 Å². The van der Waals surface area contributed by atoms with Crippen molar-refractivity contribution in [3.63, 3.8) is 0 Å². The Morgan fingerprint density at radius 1 is 1.12 bits per heavy atom. The summed E-state index contributed by atoms with van der Waals surface area (Å²) in [5.74, 6) is 0. The van der Waals surface area contributed by atoms with Gasteiger partial charge in [0.25, 0.3) is 0 Å². The Labute approximate surface area is 68.7 Å². The van der Waals surface area contributed by atoms with Crippen LogP contribution in [0.3, 0.4) is 0 Å². The van der Waals surface area contributed by atoms with Gasteiger partial charge in [-0.2, -0.15) is 0 Å². The first kappa shape index (κ1) is 6.25. The Morgan fingerprint density at radius 3 is 2.00 bits per heavy atom. The van der Waals surface area contributed by atoms with E-state index in [1.54, 1.807) is 0 Å². The van der Waals surface area contributed by atoms with Gasteiger partial charge in [0.05, 0.1) is 0 Å². The molecule has 0 amide bonds. The van der Waals surface area contributed by atoms with Crippen LogP contribution in [-0.2, 0) is 31.0 Å². The second-order valence-corrected chi connectivity index (χ2v) is 3.31. The van der Waals surface area contributed by atoms with Crippen molar-refractivity contribution in [1.82, 2.24) is 0 Å². The summed E-state index contributed by atoms with van der Waals surface area (Å²) in [7, 11) is 0. The van der Waals surface area contributed by atoms with Gasteiger partial charge in [0.1, 0.15) is 0 Å². The molecule has 0 atom stereocenters. The van der Waals surface area contributed by atoms with Crippen LogP contribution in [0.25, 0.3) is 0 Å². The van der Waals surface area contributed by atoms with E-state index in [4.69, 9.17) is 5.73 Å². The molecule has 0 spiro atoms. The molecule has 1 rings (SSSR count). The predicted octanol–water partition coefficient (Wildman–Crippen LogP) is 0.441. The average Bonchev–Trinajstić information content (AvgIpc) is 1.77. The van der Waals surface area contributed by atoms with Crippen LogP contribution in [0.4, 0.5) is 5.69 Å². The molecule has 0 unspecified atom stereocenters. The predicted molar refractivity (Wildman–Crippen MR) is 30.5 cm³/mol. The summed E-state index contributed by atoms with van der Waals surface area (Å²) in [5, 5.41) is 0. The molecule has 0 aliphatic rings. The fraction of sp³-hybridized carbons (Fsp3) is 0. The molecule has 1 aromatic carbocycles. The molecule has 0 aromatic heterocycles. The monoisotopic (exact) mass is 181 g/mol. The third kappa shape index (κ3) is 1.57. The Hall–Kier alpha value is 0.124. The first-order valence-electron chi connectivity index (χ1n) is 2.40. The number of nitrogens with two attached hydrogens (primary N) is 1. The van der Waals surface area contributed by atoms with E-state index in [1.165, 1.54) is 33.3 Å². The molecular formula is C6H6NY. The van der Waals surface area contributed by atoms with Crippen LogP contribution in [0.1, 0.15) is 0 Å². The SMILES string of the molecule is Nc1cc[c]([Y])cc1. The third-order valence-electron chi connectivity index (χ3n) is 0.936. The maximum absolute atomic E-state index is 5.44. The summed E-state index contributed by atoms with van der Waals surface area (Å²) in [5.41, 5.74) is 6.29. The van der Waals surface area contributed by atoms with Crippen molar-refractivity contribution in [1.29, 1.82) is 0 Å². The number of rotatable bonds is 0. The van der Waals surface area contributed by atoms with Crippen LogP contribution in [0, 0.1) is 0 Å². The summed E-state index contributed by atoms with van der Waals surface area (Å²) in [6.07, 6.45) is 0. The van der Waals surface area contributed by atoms with Crippen molar-refractivity contribution in [2.24, 2.45) is 0 Å². The molecule has 2 heteroatoms. The minimum atomic E-state index is 0.850. The third-order valence-corrected chi connectivity index (χ3v) is 1.88. The Kier molecular flexibility index (Phi) is 2.04. The Morgan fingerprint density at radius 2 is 1.62 bits per heavy atom. The van der Waals surface area contributed by atoms with E-state index in [-0.39, 0.29) is 0 Å². The fourth-order valence-corrected chi connectivity index (χ4v) is 0.969. The zero-order valence-corrected chi connectivity index (χ0v) is 7.30. The maximum atomic E-state index is 5.44. The summed E-state index contributed by atoms with van der Waals surface area (Å²) < 4.78 is 1.38.